The van der Waals surface area contributed by atoms with Crippen molar-refractivity contribution >= 4 is 27.8 Å². The Bertz CT molecular complexity index is 1290. The third-order valence-electron chi connectivity index (χ3n) is 5.33. The van der Waals surface area contributed by atoms with E-state index >= 15 is 0 Å². The first-order valence-electron chi connectivity index (χ1n) is 10.6. The van der Waals surface area contributed by atoms with E-state index in [0.717, 1.165) is 46.8 Å². The van der Waals surface area contributed by atoms with Gasteiger partial charge in [0.05, 0.1) is 30.4 Å². The zero-order chi connectivity index (χ0) is 22.3. The van der Waals surface area contributed by atoms with Crippen molar-refractivity contribution in [1.82, 2.24) is 4.57 Å². The average molecular weight is 428 g/mol. The molecule has 3 aromatic carbocycles. The van der Waals surface area contributed by atoms with Crippen LogP contribution in [-0.2, 0) is 11.3 Å². The highest BCUT2D eigenvalue weighted by atomic mass is 16.5. The van der Waals surface area contributed by atoms with Crippen LogP contribution in [0.1, 0.15) is 24.8 Å². The van der Waals surface area contributed by atoms with Crippen LogP contribution >= 0.6 is 0 Å². The van der Waals surface area contributed by atoms with Crippen LogP contribution in [0.2, 0.25) is 0 Å². The maximum absolute atomic E-state index is 11.4. The van der Waals surface area contributed by atoms with Gasteiger partial charge in [-0.05, 0) is 55.7 Å². The lowest BCUT2D eigenvalue weighted by atomic mass is 10.1. The second-order valence-electron chi connectivity index (χ2n) is 7.57. The molecule has 0 saturated heterocycles. The minimum Gasteiger partial charge on any atom is -0.494 e. The predicted molar refractivity (Wildman–Crippen MR) is 123 cm³/mol. The Balaban J connectivity index is 1.31. The third kappa shape index (κ3) is 4.84. The SMILES string of the molecule is N#Cc1cccc(OCCCCCOc2ccc3c4ccccc4n(CC(=O)O)c3c2)c1. The lowest BCUT2D eigenvalue weighted by Gasteiger charge is -2.09. The molecule has 0 spiro atoms. The van der Waals surface area contributed by atoms with Crippen molar-refractivity contribution in [2.24, 2.45) is 0 Å². The van der Waals surface area contributed by atoms with E-state index in [9.17, 15) is 9.90 Å². The zero-order valence-corrected chi connectivity index (χ0v) is 17.7. The first-order chi connectivity index (χ1) is 15.7. The summed E-state index contributed by atoms with van der Waals surface area (Å²) in [7, 11) is 0. The Labute approximate surface area is 186 Å². The molecule has 4 rings (SSSR count). The molecule has 1 N–H and O–H groups in total. The second-order valence-corrected chi connectivity index (χ2v) is 7.57. The molecule has 6 nitrogen and oxygen atoms in total. The number of nitrogens with zero attached hydrogens (tertiary/aromatic N) is 2. The van der Waals surface area contributed by atoms with Crippen LogP contribution in [0.15, 0.2) is 66.7 Å². The lowest BCUT2D eigenvalue weighted by molar-refractivity contribution is -0.137. The first kappa shape index (κ1) is 21.3. The highest BCUT2D eigenvalue weighted by Gasteiger charge is 2.13. The molecule has 0 fully saturated rings. The summed E-state index contributed by atoms with van der Waals surface area (Å²) in [4.78, 5) is 11.4. The molecular weight excluding hydrogens is 404 g/mol. The van der Waals surface area contributed by atoms with Gasteiger partial charge >= 0.3 is 5.97 Å². The number of nitriles is 1. The number of carbonyl (C=O) groups is 1. The predicted octanol–water partition coefficient (Wildman–Crippen LogP) is 5.38. The molecule has 1 heterocycles. The van der Waals surface area contributed by atoms with Crippen LogP contribution in [-0.4, -0.2) is 28.9 Å². The van der Waals surface area contributed by atoms with Crippen LogP contribution in [0.5, 0.6) is 11.5 Å². The van der Waals surface area contributed by atoms with Crippen LogP contribution in [0.4, 0.5) is 0 Å². The summed E-state index contributed by atoms with van der Waals surface area (Å²) in [6.07, 6.45) is 2.74. The summed E-state index contributed by atoms with van der Waals surface area (Å²) in [5.41, 5.74) is 2.36. The molecule has 0 aliphatic rings. The van der Waals surface area contributed by atoms with Gasteiger partial charge in [0.2, 0.25) is 0 Å². The summed E-state index contributed by atoms with van der Waals surface area (Å²) in [5.74, 6) is 0.572. The fourth-order valence-corrected chi connectivity index (χ4v) is 3.84. The highest BCUT2D eigenvalue weighted by molar-refractivity contribution is 6.08. The van der Waals surface area contributed by atoms with Gasteiger partial charge in [0.15, 0.2) is 0 Å². The molecule has 1 aromatic heterocycles. The third-order valence-corrected chi connectivity index (χ3v) is 5.33. The number of unbranched alkanes of at least 4 members (excludes halogenated alkanes) is 2. The van der Waals surface area contributed by atoms with Gasteiger partial charge in [0, 0.05) is 22.4 Å². The minimum atomic E-state index is -0.874. The fraction of sp³-hybridized carbons (Fsp3) is 0.231. The molecule has 162 valence electrons. The van der Waals surface area contributed by atoms with E-state index in [4.69, 9.17) is 14.7 Å². The van der Waals surface area contributed by atoms with Crippen molar-refractivity contribution in [2.45, 2.75) is 25.8 Å². The lowest BCUT2D eigenvalue weighted by Crippen LogP contribution is -2.08. The Morgan fingerprint density at radius 3 is 2.31 bits per heavy atom. The first-order valence-corrected chi connectivity index (χ1v) is 10.6. The normalized spacial score (nSPS) is 10.8. The molecule has 4 aromatic rings. The van der Waals surface area contributed by atoms with Crippen molar-refractivity contribution < 1.29 is 19.4 Å². The van der Waals surface area contributed by atoms with E-state index in [1.165, 1.54) is 0 Å². The van der Waals surface area contributed by atoms with Gasteiger partial charge in [-0.1, -0.05) is 24.3 Å². The van der Waals surface area contributed by atoms with Gasteiger partial charge in [-0.2, -0.15) is 5.26 Å². The number of aromatic nitrogens is 1. The number of fused-ring (bicyclic) bond motifs is 3. The van der Waals surface area contributed by atoms with Gasteiger partial charge in [0.1, 0.15) is 18.0 Å². The van der Waals surface area contributed by atoms with Crippen molar-refractivity contribution in [3.05, 3.63) is 72.3 Å². The highest BCUT2D eigenvalue weighted by Crippen LogP contribution is 2.31. The number of para-hydroxylation sites is 1. The van der Waals surface area contributed by atoms with E-state index < -0.39 is 5.97 Å². The maximum Gasteiger partial charge on any atom is 0.323 e. The summed E-state index contributed by atoms with van der Waals surface area (Å²) in [6.45, 7) is 1.08. The molecule has 0 saturated carbocycles. The second kappa shape index (κ2) is 9.88. The number of carboxylic acids is 1. The van der Waals surface area contributed by atoms with Crippen molar-refractivity contribution in [2.75, 3.05) is 13.2 Å². The Morgan fingerprint density at radius 2 is 1.56 bits per heavy atom. The van der Waals surface area contributed by atoms with Gasteiger partial charge in [-0.15, -0.1) is 0 Å². The Hall–Kier alpha value is -3.98. The van der Waals surface area contributed by atoms with Crippen molar-refractivity contribution in [3.63, 3.8) is 0 Å². The maximum atomic E-state index is 11.4. The molecule has 0 bridgehead atoms. The van der Waals surface area contributed by atoms with Crippen molar-refractivity contribution in [3.8, 4) is 17.6 Å². The quantitative estimate of drug-likeness (QED) is 0.343. The minimum absolute atomic E-state index is 0.0925. The largest absolute Gasteiger partial charge is 0.494 e. The molecule has 0 amide bonds. The smallest absolute Gasteiger partial charge is 0.323 e. The summed E-state index contributed by atoms with van der Waals surface area (Å²) >= 11 is 0. The van der Waals surface area contributed by atoms with E-state index in [2.05, 4.69) is 6.07 Å². The number of aliphatic carboxylic acids is 1. The standard InChI is InChI=1S/C26H24N2O4/c27-17-19-7-6-8-20(15-19)31-13-4-1-5-14-32-21-11-12-23-22-9-2-3-10-24(22)28(18-26(29)30)25(23)16-21/h2-3,6-12,15-16H,1,4-5,13-14,18H2,(H,29,30). The number of ether oxygens (including phenoxy) is 2. The number of hydrogen-bond donors (Lipinski definition) is 1. The van der Waals surface area contributed by atoms with Crippen LogP contribution < -0.4 is 9.47 Å². The molecule has 6 heteroatoms. The van der Waals surface area contributed by atoms with Crippen LogP contribution in [0, 0.1) is 11.3 Å². The van der Waals surface area contributed by atoms with Crippen molar-refractivity contribution in [1.29, 1.82) is 5.26 Å². The molecule has 0 aliphatic carbocycles. The molecule has 0 atom stereocenters. The monoisotopic (exact) mass is 428 g/mol. The summed E-state index contributed by atoms with van der Waals surface area (Å²) in [5, 5.41) is 20.3. The molecule has 0 radical (unpaired) electrons. The van der Waals surface area contributed by atoms with E-state index in [0.29, 0.717) is 24.5 Å². The number of carboxylic acid groups (broad SMARTS) is 1. The van der Waals surface area contributed by atoms with Gasteiger partial charge in [0.25, 0.3) is 0 Å². The van der Waals surface area contributed by atoms with E-state index in [1.54, 1.807) is 12.1 Å². The average Bonchev–Trinajstić information content (AvgIpc) is 3.11. The summed E-state index contributed by atoms with van der Waals surface area (Å²) in [6, 6.07) is 22.9. The van der Waals surface area contributed by atoms with Gasteiger partial charge in [-0.3, -0.25) is 4.79 Å². The zero-order valence-electron chi connectivity index (χ0n) is 17.7. The van der Waals surface area contributed by atoms with Crippen LogP contribution in [0.25, 0.3) is 21.8 Å². The van der Waals surface area contributed by atoms with Gasteiger partial charge < -0.3 is 19.1 Å². The number of rotatable bonds is 10. The number of hydrogen-bond acceptors (Lipinski definition) is 4. The van der Waals surface area contributed by atoms with E-state index in [1.807, 2.05) is 59.2 Å². The molecular formula is C26H24N2O4. The van der Waals surface area contributed by atoms with Crippen LogP contribution in [0.3, 0.4) is 0 Å². The Kier molecular flexibility index (Phi) is 6.57. The molecule has 32 heavy (non-hydrogen) atoms. The van der Waals surface area contributed by atoms with Gasteiger partial charge in [-0.25, -0.2) is 0 Å². The summed E-state index contributed by atoms with van der Waals surface area (Å²) < 4.78 is 13.4. The fourth-order valence-electron chi connectivity index (χ4n) is 3.84. The molecule has 0 unspecified atom stereocenters. The Morgan fingerprint density at radius 1 is 0.844 bits per heavy atom. The topological polar surface area (TPSA) is 84.5 Å². The van der Waals surface area contributed by atoms with E-state index in [-0.39, 0.29) is 6.54 Å². The molecule has 0 aliphatic heterocycles. The number of benzene rings is 3.